The predicted molar refractivity (Wildman–Crippen MR) is 474 cm³/mol. The van der Waals surface area contributed by atoms with Gasteiger partial charge < -0.3 is 4.42 Å². The Kier molecular flexibility index (Phi) is 12.3. The van der Waals surface area contributed by atoms with E-state index in [0.29, 0.717) is 0 Å². The van der Waals surface area contributed by atoms with Gasteiger partial charge in [-0.2, -0.15) is 0 Å². The van der Waals surface area contributed by atoms with Crippen molar-refractivity contribution in [3.8, 4) is 100 Å². The molecule has 1 aromatic heterocycles. The lowest BCUT2D eigenvalue weighted by Crippen LogP contribution is -2.26. The highest BCUT2D eigenvalue weighted by atomic mass is 16.3. The Hall–Kier alpha value is -14.5. The van der Waals surface area contributed by atoms with E-state index in [1.807, 2.05) is 0 Å². The average Bonchev–Trinajstić information content (AvgIpc) is 1.51. The van der Waals surface area contributed by atoms with E-state index in [9.17, 15) is 0 Å². The number of hydrogen-bond donors (Lipinski definition) is 0. The molecule has 0 saturated heterocycles. The van der Waals surface area contributed by atoms with Crippen LogP contribution in [0.15, 0.2) is 393 Å². The maximum atomic E-state index is 6.54. The lowest BCUT2D eigenvalue weighted by molar-refractivity contribution is 0.669. The molecule has 0 fully saturated rings. The predicted octanol–water partition coefficient (Wildman–Crippen LogP) is 29.8. The van der Waals surface area contributed by atoms with Crippen molar-refractivity contribution >= 4 is 108 Å². The van der Waals surface area contributed by atoms with Gasteiger partial charge in [-0.05, 0) is 310 Å². The highest BCUT2D eigenvalue weighted by molar-refractivity contribution is 6.24. The Bertz CT molecular complexity index is 7980. The number of rotatable bonds is 5. The first-order valence-corrected chi connectivity index (χ1v) is 39.6. The largest absolute Gasteiger partial charge is 0.456 e. The van der Waals surface area contributed by atoms with Gasteiger partial charge in [0, 0.05) is 10.8 Å². The summed E-state index contributed by atoms with van der Waals surface area (Å²) in [5.41, 5.74) is 33.9. The molecule has 0 saturated carbocycles. The molecule has 22 aromatic rings. The van der Waals surface area contributed by atoms with Crippen LogP contribution in [0, 0.1) is 0 Å². The number of hydrogen-bond acceptors (Lipinski definition) is 1. The zero-order valence-electron chi connectivity index (χ0n) is 61.4. The summed E-state index contributed by atoms with van der Waals surface area (Å²) in [6.45, 7) is 0. The maximum Gasteiger partial charge on any atom is 0.135 e. The van der Waals surface area contributed by atoms with Gasteiger partial charge in [0.2, 0.25) is 0 Å². The molecule has 518 valence electrons. The molecule has 4 aliphatic rings. The molecule has 26 rings (SSSR count). The molecule has 0 amide bonds. The second kappa shape index (κ2) is 22.6. The summed E-state index contributed by atoms with van der Waals surface area (Å²) >= 11 is 0. The molecule has 0 unspecified atom stereocenters. The Morgan fingerprint density at radius 3 is 1.31 bits per heavy atom. The average molecular weight is 1430 g/mol. The number of benzene rings is 21. The molecule has 0 radical (unpaired) electrons. The van der Waals surface area contributed by atoms with Gasteiger partial charge in [-0.25, -0.2) is 0 Å². The molecule has 113 heavy (non-hydrogen) atoms. The second-order valence-electron chi connectivity index (χ2n) is 31.9. The molecule has 0 aliphatic heterocycles. The third-order valence-corrected chi connectivity index (χ3v) is 26.5. The zero-order chi connectivity index (χ0) is 73.5. The molecule has 0 N–H and O–H groups in total. The Balaban J connectivity index is 0.648. The van der Waals surface area contributed by atoms with Crippen molar-refractivity contribution in [2.24, 2.45) is 0 Å². The molecular formula is C112H64O. The maximum absolute atomic E-state index is 6.54. The van der Waals surface area contributed by atoms with Crippen molar-refractivity contribution < 1.29 is 4.42 Å². The van der Waals surface area contributed by atoms with E-state index in [4.69, 9.17) is 4.42 Å². The Morgan fingerprint density at radius 2 is 0.584 bits per heavy atom. The molecule has 21 aromatic carbocycles. The SMILES string of the molecule is c1cc(-c2ccc3c4c(ccc3c2)-c2c(ccc3ccccc23)C42c3ccccc3-c3ccccc32)cc(-c2c3ccccc3c(-c3ccc4oc5ccccc5c4c3)c3cc(-c4ccc5cc6c(cc5c4)-c4cc5ccc(-c7cc8ccccc8c8ccccc78)cc5cc4C64c5ccccc5-c5ccccc54)ccc23)c1. The van der Waals surface area contributed by atoms with Gasteiger partial charge in [0.05, 0.1) is 10.8 Å². The van der Waals surface area contributed by atoms with E-state index >= 15 is 0 Å². The summed E-state index contributed by atoms with van der Waals surface area (Å²) in [5.74, 6) is 0. The van der Waals surface area contributed by atoms with Crippen LogP contribution < -0.4 is 0 Å². The van der Waals surface area contributed by atoms with Crippen LogP contribution in [0.3, 0.4) is 0 Å². The third kappa shape index (κ3) is 8.19. The van der Waals surface area contributed by atoms with Crippen LogP contribution in [0.5, 0.6) is 0 Å². The van der Waals surface area contributed by atoms with Crippen LogP contribution in [0.4, 0.5) is 0 Å². The standard InChI is InChI=1S/C112H64O/c1-4-25-80-65(20-1)47-52-102-109(80)92-51-46-73-54-68(44-49-81(73)110(92)112(102)100-37-16-11-30-86(100)87-31-12-17-38-101(87)112)66-22-19-23-75(55-66)107-89-33-7-8-34-90(89)108(76-48-53-106-96(61-76)88-32-13-18-39-105(88)113-106)97-59-69(45-50-91(97)107)67-40-41-71-63-103-95(62-77(71)56-67)94-58-70-42-43-74(93-60-72-21-2-3-24-79(72)82-26-5-6-27-83(82)93)57-78(70)64-104(94)111(103)98-35-14-9-28-84(98)85-29-10-15-36-99(85)111/h1-64H. The number of para-hydroxylation sites is 1. The molecule has 0 atom stereocenters. The first kappa shape index (κ1) is 61.4. The summed E-state index contributed by atoms with van der Waals surface area (Å²) in [4.78, 5) is 0. The van der Waals surface area contributed by atoms with Crippen molar-refractivity contribution in [2.45, 2.75) is 10.8 Å². The van der Waals surface area contributed by atoms with Crippen molar-refractivity contribution in [1.29, 1.82) is 0 Å². The van der Waals surface area contributed by atoms with E-state index in [-0.39, 0.29) is 0 Å². The molecular weight excluding hydrogens is 1360 g/mol. The van der Waals surface area contributed by atoms with Crippen LogP contribution in [0.1, 0.15) is 44.5 Å². The highest BCUT2D eigenvalue weighted by Gasteiger charge is 2.54. The molecule has 1 nitrogen and oxygen atoms in total. The van der Waals surface area contributed by atoms with E-state index in [0.717, 1.165) is 33.1 Å². The molecule has 1 heterocycles. The van der Waals surface area contributed by atoms with Crippen LogP contribution >= 0.6 is 0 Å². The van der Waals surface area contributed by atoms with Crippen molar-refractivity contribution in [3.63, 3.8) is 0 Å². The quantitative estimate of drug-likeness (QED) is 0.124. The van der Waals surface area contributed by atoms with Gasteiger partial charge in [0.1, 0.15) is 11.2 Å². The zero-order valence-corrected chi connectivity index (χ0v) is 61.4. The minimum atomic E-state index is -0.536. The first-order valence-electron chi connectivity index (χ1n) is 39.6. The van der Waals surface area contributed by atoms with Crippen LogP contribution in [0.25, 0.3) is 208 Å². The van der Waals surface area contributed by atoms with Crippen molar-refractivity contribution in [1.82, 2.24) is 0 Å². The summed E-state index contributed by atoms with van der Waals surface area (Å²) in [7, 11) is 0. The van der Waals surface area contributed by atoms with Gasteiger partial charge in [0.15, 0.2) is 0 Å². The summed E-state index contributed by atoms with van der Waals surface area (Å²) in [6.07, 6.45) is 0. The summed E-state index contributed by atoms with van der Waals surface area (Å²) in [5, 5.41) is 22.1. The van der Waals surface area contributed by atoms with Gasteiger partial charge in [0.25, 0.3) is 0 Å². The molecule has 0 bridgehead atoms. The number of fused-ring (bicyclic) bond motifs is 34. The third-order valence-electron chi connectivity index (χ3n) is 26.5. The fourth-order valence-electron chi connectivity index (χ4n) is 21.9. The fourth-order valence-corrected chi connectivity index (χ4v) is 21.9. The van der Waals surface area contributed by atoms with Crippen LogP contribution in [-0.4, -0.2) is 0 Å². The van der Waals surface area contributed by atoms with E-state index in [1.54, 1.807) is 0 Å². The monoisotopic (exact) mass is 1420 g/mol. The van der Waals surface area contributed by atoms with Crippen molar-refractivity contribution in [2.75, 3.05) is 0 Å². The second-order valence-corrected chi connectivity index (χ2v) is 31.9. The molecule has 1 heteroatoms. The van der Waals surface area contributed by atoms with Gasteiger partial charge in [-0.3, -0.25) is 0 Å². The minimum Gasteiger partial charge on any atom is -0.456 e. The topological polar surface area (TPSA) is 13.1 Å². The molecule has 2 spiro atoms. The lowest BCUT2D eigenvalue weighted by atomic mass is 9.69. The highest BCUT2D eigenvalue weighted by Crippen LogP contribution is 2.67. The summed E-state index contributed by atoms with van der Waals surface area (Å²) in [6, 6.07) is 148. The van der Waals surface area contributed by atoms with Crippen molar-refractivity contribution in [3.05, 3.63) is 433 Å². The first-order chi connectivity index (χ1) is 56.0. The van der Waals surface area contributed by atoms with E-state index in [1.165, 1.54) is 220 Å². The normalized spacial score (nSPS) is 13.6. The Labute approximate surface area is 651 Å². The van der Waals surface area contributed by atoms with E-state index in [2.05, 4.69) is 388 Å². The molecule has 4 aliphatic carbocycles. The van der Waals surface area contributed by atoms with Crippen LogP contribution in [-0.2, 0) is 10.8 Å². The van der Waals surface area contributed by atoms with Gasteiger partial charge in [-0.1, -0.05) is 309 Å². The van der Waals surface area contributed by atoms with E-state index < -0.39 is 10.8 Å². The lowest BCUT2D eigenvalue weighted by Gasteiger charge is -2.31. The van der Waals surface area contributed by atoms with Gasteiger partial charge in [-0.15, -0.1) is 0 Å². The van der Waals surface area contributed by atoms with Gasteiger partial charge >= 0.3 is 0 Å². The Morgan fingerprint density at radius 1 is 0.150 bits per heavy atom. The number of furan rings is 1. The summed E-state index contributed by atoms with van der Waals surface area (Å²) < 4.78 is 6.54. The smallest absolute Gasteiger partial charge is 0.135 e. The fraction of sp³-hybridized carbons (Fsp3) is 0.0179. The van der Waals surface area contributed by atoms with Crippen LogP contribution in [0.2, 0.25) is 0 Å². The minimum absolute atomic E-state index is 0.489.